The van der Waals surface area contributed by atoms with Crippen LogP contribution in [-0.4, -0.2) is 15.7 Å². The van der Waals surface area contributed by atoms with Gasteiger partial charge in [-0.3, -0.25) is 0 Å². The maximum atomic E-state index is 12.5. The summed E-state index contributed by atoms with van der Waals surface area (Å²) in [6, 6.07) is 8.12. The van der Waals surface area contributed by atoms with Crippen LogP contribution in [0.15, 0.2) is 41.2 Å². The largest absolute Gasteiger partial charge is 0.431 e. The maximum Gasteiger partial charge on any atom is 0.431 e. The Balaban J connectivity index is 2.37. The molecule has 0 aliphatic rings. The van der Waals surface area contributed by atoms with Crippen molar-refractivity contribution in [3.63, 3.8) is 0 Å². The molecule has 9 heteroatoms. The molecule has 0 unspecified atom stereocenters. The van der Waals surface area contributed by atoms with Gasteiger partial charge in [0.2, 0.25) is 0 Å². The Morgan fingerprint density at radius 2 is 1.86 bits per heavy atom. The predicted octanol–water partition coefficient (Wildman–Crippen LogP) is 2.19. The summed E-state index contributed by atoms with van der Waals surface area (Å²) in [7, 11) is 0. The molecule has 0 aliphatic carbocycles. The Labute approximate surface area is 120 Å². The summed E-state index contributed by atoms with van der Waals surface area (Å²) in [5, 5.41) is 0. The number of aromatic amines is 1. The first kappa shape index (κ1) is 15.0. The van der Waals surface area contributed by atoms with Gasteiger partial charge in [-0.1, -0.05) is 30.4 Å². The minimum absolute atomic E-state index is 0.124. The fourth-order valence-corrected chi connectivity index (χ4v) is 1.67. The summed E-state index contributed by atoms with van der Waals surface area (Å²) < 4.78 is 37.1. The molecule has 2 aromatic rings. The van der Waals surface area contributed by atoms with Crippen molar-refractivity contribution in [3.05, 3.63) is 62.8 Å². The third kappa shape index (κ3) is 3.37. The number of halogens is 3. The van der Waals surface area contributed by atoms with Crippen molar-refractivity contribution in [1.82, 2.24) is 9.71 Å². The molecule has 0 saturated carbocycles. The quantitative estimate of drug-likeness (QED) is 0.863. The molecule has 0 atom stereocenters. The van der Waals surface area contributed by atoms with Crippen LogP contribution in [-0.2, 0) is 6.18 Å². The number of aromatic nitrogens is 2. The van der Waals surface area contributed by atoms with Gasteiger partial charge in [-0.15, -0.1) is 4.73 Å². The molecule has 1 aromatic heterocycles. The highest BCUT2D eigenvalue weighted by atomic mass is 32.1. The highest BCUT2D eigenvalue weighted by Crippen LogP contribution is 2.26. The van der Waals surface area contributed by atoms with Gasteiger partial charge >= 0.3 is 17.8 Å². The molecular weight excluding hydrogens is 309 g/mol. The molecule has 0 fully saturated rings. The topological polar surface area (TPSA) is 64.1 Å². The van der Waals surface area contributed by atoms with E-state index in [1.54, 1.807) is 23.2 Å². The Hall–Kier alpha value is -2.42. The second kappa shape index (κ2) is 5.52. The fraction of sp³-hybridized carbons (Fsp3) is 0.0833. The van der Waals surface area contributed by atoms with Gasteiger partial charge in [-0.2, -0.15) is 13.2 Å². The van der Waals surface area contributed by atoms with Gasteiger partial charge in [-0.25, -0.2) is 9.59 Å². The first-order chi connectivity index (χ1) is 9.79. The predicted molar refractivity (Wildman–Crippen MR) is 68.2 cm³/mol. The molecule has 1 N–H and O–H groups in total. The lowest BCUT2D eigenvalue weighted by Gasteiger charge is -2.09. The number of H-pyrrole nitrogens is 1. The maximum absolute atomic E-state index is 12.5. The van der Waals surface area contributed by atoms with E-state index in [2.05, 4.69) is 12.2 Å². The fourth-order valence-electron chi connectivity index (χ4n) is 1.43. The van der Waals surface area contributed by atoms with Crippen LogP contribution in [0.25, 0.3) is 0 Å². The number of nitrogens with one attached hydrogen (secondary N) is 1. The molecule has 0 spiro atoms. The minimum atomic E-state index is -4.75. The zero-order valence-corrected chi connectivity index (χ0v) is 11.0. The summed E-state index contributed by atoms with van der Waals surface area (Å²) in [5.41, 5.74) is -2.48. The Morgan fingerprint density at radius 3 is 2.38 bits per heavy atom. The van der Waals surface area contributed by atoms with Crippen LogP contribution in [0.5, 0.6) is 0 Å². The molecule has 0 amide bonds. The van der Waals surface area contributed by atoms with Crippen molar-refractivity contribution in [2.45, 2.75) is 6.18 Å². The monoisotopic (exact) mass is 316 g/mol. The normalized spacial score (nSPS) is 11.2. The number of rotatable bonds is 2. The van der Waals surface area contributed by atoms with E-state index < -0.39 is 28.2 Å². The van der Waals surface area contributed by atoms with Crippen LogP contribution in [0.3, 0.4) is 0 Å². The van der Waals surface area contributed by atoms with Gasteiger partial charge < -0.3 is 9.82 Å². The van der Waals surface area contributed by atoms with Crippen LogP contribution in [0.2, 0.25) is 0 Å². The Morgan fingerprint density at radius 1 is 1.24 bits per heavy atom. The molecule has 5 nitrogen and oxygen atoms in total. The molecule has 0 aliphatic heterocycles. The van der Waals surface area contributed by atoms with Crippen LogP contribution >= 0.6 is 12.2 Å². The lowest BCUT2D eigenvalue weighted by molar-refractivity contribution is -0.141. The van der Waals surface area contributed by atoms with E-state index in [1.807, 2.05) is 0 Å². The number of hydrogen-bond acceptors (Lipinski definition) is 4. The first-order valence-corrected chi connectivity index (χ1v) is 5.91. The van der Waals surface area contributed by atoms with Crippen LogP contribution in [0.1, 0.15) is 16.1 Å². The second-order valence-corrected chi connectivity index (χ2v) is 4.28. The zero-order valence-electron chi connectivity index (χ0n) is 10.2. The molecule has 2 rings (SSSR count). The van der Waals surface area contributed by atoms with Crippen LogP contribution < -0.4 is 10.5 Å². The van der Waals surface area contributed by atoms with Gasteiger partial charge in [0.1, 0.15) is 5.69 Å². The summed E-state index contributed by atoms with van der Waals surface area (Å²) in [4.78, 5) is 29.5. The average molecular weight is 316 g/mol. The van der Waals surface area contributed by atoms with Gasteiger partial charge in [0.25, 0.3) is 0 Å². The minimum Gasteiger partial charge on any atom is -0.325 e. The molecule has 0 bridgehead atoms. The van der Waals surface area contributed by atoms with E-state index in [-0.39, 0.29) is 5.56 Å². The van der Waals surface area contributed by atoms with Crippen LogP contribution in [0, 0.1) is 4.64 Å². The third-order valence-electron chi connectivity index (χ3n) is 2.38. The number of carbonyl (C=O) groups is 1. The SMILES string of the molecule is O=C(On1c(=S)cc(C(F)(F)F)[nH]c1=O)c1ccccc1. The van der Waals surface area contributed by atoms with Crippen molar-refractivity contribution >= 4 is 18.2 Å². The van der Waals surface area contributed by atoms with Crippen molar-refractivity contribution in [3.8, 4) is 0 Å². The number of carbonyl (C=O) groups excluding carboxylic acids is 1. The number of nitrogens with zero attached hydrogens (tertiary/aromatic N) is 1. The smallest absolute Gasteiger partial charge is 0.325 e. The number of benzene rings is 1. The van der Waals surface area contributed by atoms with Gasteiger partial charge in [0, 0.05) is 6.07 Å². The lowest BCUT2D eigenvalue weighted by Crippen LogP contribution is -2.34. The van der Waals surface area contributed by atoms with Crippen molar-refractivity contribution < 1.29 is 22.8 Å². The van der Waals surface area contributed by atoms with Gasteiger partial charge in [0.15, 0.2) is 4.64 Å². The van der Waals surface area contributed by atoms with E-state index >= 15 is 0 Å². The van der Waals surface area contributed by atoms with E-state index in [4.69, 9.17) is 4.84 Å². The molecule has 1 aromatic carbocycles. The van der Waals surface area contributed by atoms with Gasteiger partial charge in [0.05, 0.1) is 5.56 Å². The standard InChI is InChI=1S/C12H7F3N2O3S/c13-12(14,15)8-6-9(21)17(11(19)16-8)20-10(18)7-4-2-1-3-5-7/h1-6H,(H,16,19). The summed E-state index contributed by atoms with van der Waals surface area (Å²) >= 11 is 4.63. The molecule has 0 radical (unpaired) electrons. The number of alkyl halides is 3. The second-order valence-electron chi connectivity index (χ2n) is 3.86. The molecule has 110 valence electrons. The molecule has 21 heavy (non-hydrogen) atoms. The summed E-state index contributed by atoms with van der Waals surface area (Å²) in [6.45, 7) is 0. The number of hydrogen-bond donors (Lipinski definition) is 1. The lowest BCUT2D eigenvalue weighted by atomic mass is 10.2. The zero-order chi connectivity index (χ0) is 15.6. The average Bonchev–Trinajstić information content (AvgIpc) is 2.42. The molecule has 0 saturated heterocycles. The van der Waals surface area contributed by atoms with E-state index in [9.17, 15) is 22.8 Å². The van der Waals surface area contributed by atoms with Crippen molar-refractivity contribution in [2.75, 3.05) is 0 Å². The molecule has 1 heterocycles. The molecular formula is C12H7F3N2O3S. The summed E-state index contributed by atoms with van der Waals surface area (Å²) in [5.74, 6) is -0.919. The third-order valence-corrected chi connectivity index (χ3v) is 2.67. The van der Waals surface area contributed by atoms with Crippen LogP contribution in [0.4, 0.5) is 13.2 Å². The highest BCUT2D eigenvalue weighted by molar-refractivity contribution is 7.71. The highest BCUT2D eigenvalue weighted by Gasteiger charge is 2.32. The Bertz CT molecular complexity index is 750. The Kier molecular flexibility index (Phi) is 3.94. The van der Waals surface area contributed by atoms with Crippen molar-refractivity contribution in [1.29, 1.82) is 0 Å². The van der Waals surface area contributed by atoms with Gasteiger partial charge in [-0.05, 0) is 12.1 Å². The first-order valence-electron chi connectivity index (χ1n) is 5.50. The summed E-state index contributed by atoms with van der Waals surface area (Å²) in [6.07, 6.45) is -4.75. The van der Waals surface area contributed by atoms with Crippen molar-refractivity contribution in [2.24, 2.45) is 0 Å². The van der Waals surface area contributed by atoms with E-state index in [0.717, 1.165) is 0 Å². The van der Waals surface area contributed by atoms with E-state index in [1.165, 1.54) is 12.1 Å². The van der Waals surface area contributed by atoms with E-state index in [0.29, 0.717) is 10.8 Å².